The third kappa shape index (κ3) is 3.74. The molecule has 1 N–H and O–H groups in total. The number of hydrogen-bond donors (Lipinski definition) is 1. The van der Waals surface area contributed by atoms with Crippen molar-refractivity contribution in [3.8, 4) is 11.4 Å². The van der Waals surface area contributed by atoms with Gasteiger partial charge in [-0.05, 0) is 35.2 Å². The number of aliphatic hydroxyl groups is 1. The lowest BCUT2D eigenvalue weighted by atomic mass is 10.2. The van der Waals surface area contributed by atoms with E-state index in [1.807, 2.05) is 0 Å². The number of aryl methyl sites for hydroxylation is 1. The van der Waals surface area contributed by atoms with Gasteiger partial charge >= 0.3 is 0 Å². The molecule has 1 unspecified atom stereocenters. The highest BCUT2D eigenvalue weighted by molar-refractivity contribution is 9.10. The second kappa shape index (κ2) is 7.43. The molecule has 2 aromatic heterocycles. The number of aliphatic hydroxyl groups excluding tert-OH is 1. The van der Waals surface area contributed by atoms with Gasteiger partial charge in [-0.1, -0.05) is 5.21 Å². The number of rotatable bonds is 5. The van der Waals surface area contributed by atoms with E-state index in [0.29, 0.717) is 28.3 Å². The molecule has 1 aliphatic rings. The maximum Gasteiger partial charge on any atom is 0.158 e. The maximum absolute atomic E-state index is 9.32. The molecule has 1 fully saturated rings. The molecule has 9 heteroatoms. The van der Waals surface area contributed by atoms with Gasteiger partial charge in [-0.15, -0.1) is 5.10 Å². The highest BCUT2D eigenvalue weighted by atomic mass is 79.9. The monoisotopic (exact) mass is 383 g/mol. The Balaban J connectivity index is 1.80. The van der Waals surface area contributed by atoms with Gasteiger partial charge in [-0.3, -0.25) is 0 Å². The Labute approximate surface area is 142 Å². The summed E-state index contributed by atoms with van der Waals surface area (Å²) in [6, 6.07) is 0. The number of hydrogen-bond acceptors (Lipinski definition) is 7. The van der Waals surface area contributed by atoms with Gasteiger partial charge in [0.05, 0.1) is 30.8 Å². The van der Waals surface area contributed by atoms with Gasteiger partial charge in [-0.2, -0.15) is 0 Å². The van der Waals surface area contributed by atoms with Crippen molar-refractivity contribution in [3.05, 3.63) is 22.2 Å². The fourth-order valence-electron chi connectivity index (χ4n) is 2.38. The van der Waals surface area contributed by atoms with E-state index >= 15 is 0 Å². The van der Waals surface area contributed by atoms with Gasteiger partial charge in [0.1, 0.15) is 16.0 Å². The van der Waals surface area contributed by atoms with Gasteiger partial charge in [0.15, 0.2) is 6.29 Å². The molecule has 23 heavy (non-hydrogen) atoms. The van der Waals surface area contributed by atoms with E-state index in [4.69, 9.17) is 9.47 Å². The Bertz CT molecular complexity index is 672. The quantitative estimate of drug-likeness (QED) is 0.836. The van der Waals surface area contributed by atoms with Crippen molar-refractivity contribution in [2.75, 3.05) is 6.61 Å². The minimum Gasteiger partial charge on any atom is -0.390 e. The van der Waals surface area contributed by atoms with E-state index in [0.717, 1.165) is 31.6 Å². The molecule has 124 valence electrons. The number of halogens is 1. The zero-order valence-electron chi connectivity index (χ0n) is 12.8. The first-order valence-corrected chi connectivity index (χ1v) is 8.22. The van der Waals surface area contributed by atoms with Crippen molar-refractivity contribution in [2.24, 2.45) is 7.05 Å². The van der Waals surface area contributed by atoms with Crippen LogP contribution in [-0.2, 0) is 29.7 Å². The Morgan fingerprint density at radius 1 is 1.48 bits per heavy atom. The molecule has 2 aromatic rings. The molecule has 0 bridgehead atoms. The fraction of sp³-hybridized carbons (Fsp3) is 0.571. The molecule has 3 rings (SSSR count). The van der Waals surface area contributed by atoms with Crippen LogP contribution in [0.25, 0.3) is 11.4 Å². The molecular formula is C14H18BrN5O3. The molecular weight excluding hydrogens is 366 g/mol. The van der Waals surface area contributed by atoms with Crippen LogP contribution in [0.4, 0.5) is 0 Å². The summed E-state index contributed by atoms with van der Waals surface area (Å²) < 4.78 is 13.6. The van der Waals surface area contributed by atoms with Gasteiger partial charge in [0, 0.05) is 13.7 Å². The molecule has 0 saturated carbocycles. The molecule has 0 spiro atoms. The topological polar surface area (TPSA) is 95.2 Å². The minimum absolute atomic E-state index is 0.185. The molecule has 8 nitrogen and oxygen atoms in total. The normalized spacial score (nSPS) is 18.3. The Morgan fingerprint density at radius 2 is 2.35 bits per heavy atom. The van der Waals surface area contributed by atoms with E-state index in [2.05, 4.69) is 36.2 Å². The molecule has 0 radical (unpaired) electrons. The van der Waals surface area contributed by atoms with Crippen LogP contribution < -0.4 is 0 Å². The second-order valence-electron chi connectivity index (χ2n) is 5.27. The maximum atomic E-state index is 9.32. The molecule has 0 aromatic carbocycles. The first-order chi connectivity index (χ1) is 11.2. The van der Waals surface area contributed by atoms with Crippen LogP contribution in [-0.4, -0.2) is 43.0 Å². The van der Waals surface area contributed by atoms with E-state index in [-0.39, 0.29) is 12.9 Å². The predicted octanol–water partition coefficient (Wildman–Crippen LogP) is 1.57. The van der Waals surface area contributed by atoms with Crippen molar-refractivity contribution in [2.45, 2.75) is 38.8 Å². The highest BCUT2D eigenvalue weighted by Crippen LogP contribution is 2.23. The third-order valence-corrected chi connectivity index (χ3v) is 4.34. The molecule has 1 aliphatic heterocycles. The van der Waals surface area contributed by atoms with Crippen LogP contribution >= 0.6 is 15.9 Å². The zero-order chi connectivity index (χ0) is 16.2. The average molecular weight is 384 g/mol. The summed E-state index contributed by atoms with van der Waals surface area (Å²) in [6.07, 6.45) is 4.49. The largest absolute Gasteiger partial charge is 0.390 e. The zero-order valence-corrected chi connectivity index (χ0v) is 14.4. The van der Waals surface area contributed by atoms with E-state index in [1.165, 1.54) is 0 Å². The lowest BCUT2D eigenvalue weighted by Gasteiger charge is -2.22. The van der Waals surface area contributed by atoms with Crippen molar-refractivity contribution in [1.82, 2.24) is 25.0 Å². The summed E-state index contributed by atoms with van der Waals surface area (Å²) >= 11 is 3.25. The summed E-state index contributed by atoms with van der Waals surface area (Å²) in [4.78, 5) is 8.55. The Kier molecular flexibility index (Phi) is 5.31. The fourth-order valence-corrected chi connectivity index (χ4v) is 2.70. The smallest absolute Gasteiger partial charge is 0.158 e. The molecule has 0 aliphatic carbocycles. The van der Waals surface area contributed by atoms with Gasteiger partial charge in [-0.25, -0.2) is 14.6 Å². The third-order valence-electron chi connectivity index (χ3n) is 3.67. The first kappa shape index (κ1) is 16.4. The Hall–Kier alpha value is -1.42. The average Bonchev–Trinajstić information content (AvgIpc) is 2.95. The first-order valence-electron chi connectivity index (χ1n) is 7.43. The second-order valence-corrected chi connectivity index (χ2v) is 6.02. The lowest BCUT2D eigenvalue weighted by molar-refractivity contribution is -0.169. The van der Waals surface area contributed by atoms with Crippen LogP contribution in [0.1, 0.15) is 30.7 Å². The predicted molar refractivity (Wildman–Crippen MR) is 84.0 cm³/mol. The molecule has 1 saturated heterocycles. The van der Waals surface area contributed by atoms with E-state index in [9.17, 15) is 5.11 Å². The van der Waals surface area contributed by atoms with Gasteiger partial charge < -0.3 is 14.6 Å². The Morgan fingerprint density at radius 3 is 3.09 bits per heavy atom. The van der Waals surface area contributed by atoms with Gasteiger partial charge in [0.2, 0.25) is 0 Å². The summed E-state index contributed by atoms with van der Waals surface area (Å²) in [5, 5.41) is 17.5. The van der Waals surface area contributed by atoms with Crippen molar-refractivity contribution < 1.29 is 14.6 Å². The summed E-state index contributed by atoms with van der Waals surface area (Å²) in [6.45, 7) is 0.859. The van der Waals surface area contributed by atoms with Crippen molar-refractivity contribution in [3.63, 3.8) is 0 Å². The van der Waals surface area contributed by atoms with Crippen LogP contribution in [0.15, 0.2) is 10.8 Å². The van der Waals surface area contributed by atoms with Crippen LogP contribution in [0.5, 0.6) is 0 Å². The SMILES string of the molecule is Cn1nnc(-c2cnc(Br)c(CO)n2)c1COC1CCCCO1. The van der Waals surface area contributed by atoms with Crippen LogP contribution in [0, 0.1) is 0 Å². The summed E-state index contributed by atoms with van der Waals surface area (Å²) in [7, 11) is 1.80. The summed E-state index contributed by atoms with van der Waals surface area (Å²) in [5.41, 5.74) is 2.39. The molecule has 3 heterocycles. The molecule has 0 amide bonds. The summed E-state index contributed by atoms with van der Waals surface area (Å²) in [5.74, 6) is 0. The number of ether oxygens (including phenoxy) is 2. The molecule has 1 atom stereocenters. The van der Waals surface area contributed by atoms with E-state index in [1.54, 1.807) is 17.9 Å². The van der Waals surface area contributed by atoms with E-state index < -0.39 is 0 Å². The van der Waals surface area contributed by atoms with Crippen LogP contribution in [0.2, 0.25) is 0 Å². The number of aromatic nitrogens is 5. The lowest BCUT2D eigenvalue weighted by Crippen LogP contribution is -2.22. The van der Waals surface area contributed by atoms with Gasteiger partial charge in [0.25, 0.3) is 0 Å². The number of nitrogens with zero attached hydrogens (tertiary/aromatic N) is 5. The van der Waals surface area contributed by atoms with Crippen LogP contribution in [0.3, 0.4) is 0 Å². The standard InChI is InChI=1S/C14H18BrN5O3/c1-20-11(8-23-12-4-2-3-5-22-12)13(18-19-20)9-6-16-14(15)10(7-21)17-9/h6,12,21H,2-5,7-8H2,1H3. The van der Waals surface area contributed by atoms with Crippen molar-refractivity contribution >= 4 is 15.9 Å². The minimum atomic E-state index is -0.205. The van der Waals surface area contributed by atoms with Crippen molar-refractivity contribution in [1.29, 1.82) is 0 Å². The highest BCUT2D eigenvalue weighted by Gasteiger charge is 2.19.